The van der Waals surface area contributed by atoms with Crippen LogP contribution >= 0.6 is 0 Å². The fourth-order valence-corrected chi connectivity index (χ4v) is 4.45. The summed E-state index contributed by atoms with van der Waals surface area (Å²) in [6.45, 7) is 3.88. The molecule has 0 radical (unpaired) electrons. The summed E-state index contributed by atoms with van der Waals surface area (Å²) in [7, 11) is 3.88. The van der Waals surface area contributed by atoms with Gasteiger partial charge in [-0.1, -0.05) is 42.5 Å². The monoisotopic (exact) mass is 484 g/mol. The molecule has 1 heterocycles. The molecule has 36 heavy (non-hydrogen) atoms. The summed E-state index contributed by atoms with van der Waals surface area (Å²) in [5, 5.41) is 11.0. The van der Waals surface area contributed by atoms with E-state index < -0.39 is 17.7 Å². The number of nitrogens with zero attached hydrogens (tertiary/aromatic N) is 2. The van der Waals surface area contributed by atoms with Gasteiger partial charge in [0.05, 0.1) is 17.7 Å². The van der Waals surface area contributed by atoms with Crippen molar-refractivity contribution in [2.75, 3.05) is 23.9 Å². The molecule has 186 valence electrons. The summed E-state index contributed by atoms with van der Waals surface area (Å²) in [5.74, 6) is -0.696. The highest BCUT2D eigenvalue weighted by atomic mass is 16.5. The van der Waals surface area contributed by atoms with Crippen molar-refractivity contribution in [1.82, 2.24) is 0 Å². The van der Waals surface area contributed by atoms with Crippen molar-refractivity contribution in [3.8, 4) is 5.75 Å². The van der Waals surface area contributed by atoms with Crippen molar-refractivity contribution < 1.29 is 19.4 Å². The molecular formula is C30H32N2O4. The van der Waals surface area contributed by atoms with Gasteiger partial charge in [0.1, 0.15) is 5.75 Å². The first-order valence-electron chi connectivity index (χ1n) is 12.1. The molecule has 0 fully saturated rings. The second kappa shape index (κ2) is 10.7. The topological polar surface area (TPSA) is 70.1 Å². The molecule has 3 aromatic carbocycles. The van der Waals surface area contributed by atoms with Crippen molar-refractivity contribution in [2.45, 2.75) is 38.8 Å². The SMILES string of the molecule is CC(C)Oc1cccc(C2C(C(=O)CCc3ccccc3)=C(O)C(=O)N2c2ccc(N(C)C)cc2)c1. The summed E-state index contributed by atoms with van der Waals surface area (Å²) >= 11 is 0. The van der Waals surface area contributed by atoms with E-state index >= 15 is 0 Å². The standard InChI is InChI=1S/C30H32N2O4/c1-20(2)36-25-12-8-11-22(19-25)28-27(26(33)18-13-21-9-6-5-7-10-21)29(34)30(35)32(28)24-16-14-23(15-17-24)31(3)4/h5-12,14-17,19-20,28,34H,13,18H2,1-4H3. The number of ether oxygens (including phenoxy) is 1. The number of aliphatic hydroxyl groups is 1. The molecule has 1 N–H and O–H groups in total. The number of carbonyl (C=O) groups excluding carboxylic acids is 2. The molecule has 1 atom stereocenters. The number of amides is 1. The van der Waals surface area contributed by atoms with Gasteiger partial charge in [0, 0.05) is 31.9 Å². The zero-order valence-corrected chi connectivity index (χ0v) is 21.1. The van der Waals surface area contributed by atoms with E-state index in [0.717, 1.165) is 11.3 Å². The van der Waals surface area contributed by atoms with E-state index in [-0.39, 0.29) is 23.9 Å². The summed E-state index contributed by atoms with van der Waals surface area (Å²) < 4.78 is 5.88. The Morgan fingerprint density at radius 2 is 1.69 bits per heavy atom. The molecule has 0 aromatic heterocycles. The van der Waals surface area contributed by atoms with Crippen LogP contribution in [0.4, 0.5) is 11.4 Å². The van der Waals surface area contributed by atoms with Gasteiger partial charge in [0.25, 0.3) is 5.91 Å². The quantitative estimate of drug-likeness (QED) is 0.426. The first-order valence-corrected chi connectivity index (χ1v) is 12.1. The minimum absolute atomic E-state index is 0.0314. The van der Waals surface area contributed by atoms with Gasteiger partial charge in [-0.25, -0.2) is 0 Å². The normalized spacial score (nSPS) is 15.5. The Morgan fingerprint density at radius 3 is 2.33 bits per heavy atom. The Balaban J connectivity index is 1.74. The lowest BCUT2D eigenvalue weighted by molar-refractivity contribution is -0.118. The van der Waals surface area contributed by atoms with Crippen LogP contribution in [0.1, 0.15) is 37.4 Å². The zero-order chi connectivity index (χ0) is 25.8. The molecule has 1 unspecified atom stereocenters. The highest BCUT2D eigenvalue weighted by Crippen LogP contribution is 2.42. The molecular weight excluding hydrogens is 452 g/mol. The van der Waals surface area contributed by atoms with Gasteiger partial charge in [-0.2, -0.15) is 0 Å². The van der Waals surface area contributed by atoms with Crippen LogP contribution in [0.2, 0.25) is 0 Å². The van der Waals surface area contributed by atoms with Gasteiger partial charge >= 0.3 is 0 Å². The van der Waals surface area contributed by atoms with E-state index in [1.54, 1.807) is 0 Å². The highest BCUT2D eigenvalue weighted by molar-refractivity contribution is 6.16. The van der Waals surface area contributed by atoms with Gasteiger partial charge in [0.15, 0.2) is 11.5 Å². The molecule has 0 saturated heterocycles. The predicted octanol–water partition coefficient (Wildman–Crippen LogP) is 5.64. The van der Waals surface area contributed by atoms with E-state index in [0.29, 0.717) is 23.4 Å². The third-order valence-electron chi connectivity index (χ3n) is 6.18. The number of ketones is 1. The van der Waals surface area contributed by atoms with Crippen molar-refractivity contribution in [2.24, 2.45) is 0 Å². The third-order valence-corrected chi connectivity index (χ3v) is 6.18. The summed E-state index contributed by atoms with van der Waals surface area (Å²) in [6.07, 6.45) is 0.671. The van der Waals surface area contributed by atoms with E-state index in [1.165, 1.54) is 4.90 Å². The highest BCUT2D eigenvalue weighted by Gasteiger charge is 2.44. The number of carbonyl (C=O) groups is 2. The molecule has 0 bridgehead atoms. The van der Waals surface area contributed by atoms with Gasteiger partial charge in [0.2, 0.25) is 0 Å². The Morgan fingerprint density at radius 1 is 1.00 bits per heavy atom. The van der Waals surface area contributed by atoms with Gasteiger partial charge in [-0.3, -0.25) is 14.5 Å². The summed E-state index contributed by atoms with van der Waals surface area (Å²) in [5.41, 5.74) is 3.42. The number of hydrogen-bond acceptors (Lipinski definition) is 5. The van der Waals surface area contributed by atoms with Crippen LogP contribution < -0.4 is 14.5 Å². The lowest BCUT2D eigenvalue weighted by Gasteiger charge is -2.28. The van der Waals surface area contributed by atoms with Crippen LogP contribution in [0.3, 0.4) is 0 Å². The molecule has 6 heteroatoms. The second-order valence-electron chi connectivity index (χ2n) is 9.40. The molecule has 3 aromatic rings. The minimum atomic E-state index is -0.762. The largest absolute Gasteiger partial charge is 0.503 e. The minimum Gasteiger partial charge on any atom is -0.503 e. The Bertz CT molecular complexity index is 1260. The van der Waals surface area contributed by atoms with Crippen LogP contribution in [-0.2, 0) is 16.0 Å². The van der Waals surface area contributed by atoms with E-state index in [1.807, 2.05) is 112 Å². The molecule has 4 rings (SSSR count). The third kappa shape index (κ3) is 5.28. The van der Waals surface area contributed by atoms with E-state index in [2.05, 4.69) is 0 Å². The van der Waals surface area contributed by atoms with E-state index in [4.69, 9.17) is 4.74 Å². The lowest BCUT2D eigenvalue weighted by Crippen LogP contribution is -2.31. The van der Waals surface area contributed by atoms with Crippen LogP contribution in [0.25, 0.3) is 0 Å². The maximum atomic E-state index is 13.5. The van der Waals surface area contributed by atoms with Crippen LogP contribution in [0.15, 0.2) is 90.2 Å². The summed E-state index contributed by atoms with van der Waals surface area (Å²) in [4.78, 5) is 30.4. The average Bonchev–Trinajstić information content (AvgIpc) is 3.13. The maximum absolute atomic E-state index is 13.5. The van der Waals surface area contributed by atoms with Gasteiger partial charge in [-0.15, -0.1) is 0 Å². The maximum Gasteiger partial charge on any atom is 0.294 e. The van der Waals surface area contributed by atoms with Crippen LogP contribution in [0.5, 0.6) is 5.75 Å². The number of rotatable bonds is 9. The smallest absolute Gasteiger partial charge is 0.294 e. The van der Waals surface area contributed by atoms with Crippen molar-refractivity contribution in [1.29, 1.82) is 0 Å². The van der Waals surface area contributed by atoms with Crippen molar-refractivity contribution >= 4 is 23.1 Å². The van der Waals surface area contributed by atoms with Crippen LogP contribution in [0, 0.1) is 0 Å². The molecule has 0 aliphatic carbocycles. The summed E-state index contributed by atoms with van der Waals surface area (Å²) in [6, 6.07) is 23.8. The number of anilines is 2. The molecule has 1 aliphatic rings. The number of benzene rings is 3. The zero-order valence-electron chi connectivity index (χ0n) is 21.1. The van der Waals surface area contributed by atoms with E-state index in [9.17, 15) is 14.7 Å². The Labute approximate surface area is 212 Å². The fraction of sp³-hybridized carbons (Fsp3) is 0.267. The number of aryl methyl sites for hydroxylation is 1. The number of hydrogen-bond donors (Lipinski definition) is 1. The van der Waals surface area contributed by atoms with Crippen LogP contribution in [-0.4, -0.2) is 37.0 Å². The van der Waals surface area contributed by atoms with Gasteiger partial charge < -0.3 is 14.7 Å². The fourth-order valence-electron chi connectivity index (χ4n) is 4.45. The van der Waals surface area contributed by atoms with Crippen molar-refractivity contribution in [3.63, 3.8) is 0 Å². The molecule has 1 amide bonds. The molecule has 0 spiro atoms. The predicted molar refractivity (Wildman–Crippen MR) is 143 cm³/mol. The first kappa shape index (κ1) is 25.0. The molecule has 0 saturated carbocycles. The van der Waals surface area contributed by atoms with Gasteiger partial charge in [-0.05, 0) is 67.8 Å². The average molecular weight is 485 g/mol. The van der Waals surface area contributed by atoms with Crippen molar-refractivity contribution in [3.05, 3.63) is 101 Å². The molecule has 6 nitrogen and oxygen atoms in total. The number of aliphatic hydroxyl groups excluding tert-OH is 1. The molecule has 1 aliphatic heterocycles. The Kier molecular flexibility index (Phi) is 7.44. The lowest BCUT2D eigenvalue weighted by atomic mass is 9.93. The number of Topliss-reactive ketones (excluding diaryl/α,β-unsaturated/α-hetero) is 1. The Hall–Kier alpha value is -4.06. The first-order chi connectivity index (χ1) is 17.3. The second-order valence-corrected chi connectivity index (χ2v) is 9.40.